The van der Waals surface area contributed by atoms with E-state index in [4.69, 9.17) is 19.7 Å². The highest BCUT2D eigenvalue weighted by Crippen LogP contribution is 2.31. The number of fused-ring (bicyclic) bond motifs is 2. The number of aromatic amines is 4. The molecule has 0 aliphatic carbocycles. The van der Waals surface area contributed by atoms with Crippen molar-refractivity contribution in [3.63, 3.8) is 0 Å². The van der Waals surface area contributed by atoms with E-state index in [1.165, 1.54) is 21.8 Å². The molecule has 19 nitrogen and oxygen atoms in total. The van der Waals surface area contributed by atoms with Crippen molar-refractivity contribution in [2.45, 2.75) is 49.4 Å². The van der Waals surface area contributed by atoms with Gasteiger partial charge in [0.15, 0.2) is 17.3 Å². The maximum absolute atomic E-state index is 11.6. The van der Waals surface area contributed by atoms with Gasteiger partial charge in [-0.2, -0.15) is 0 Å². The van der Waals surface area contributed by atoms with Crippen LogP contribution in [0, 0.1) is 0 Å². The van der Waals surface area contributed by atoms with Crippen LogP contribution in [-0.2, 0) is 9.47 Å². The number of hydrogen-bond donors (Lipinski definition) is 9. The van der Waals surface area contributed by atoms with Gasteiger partial charge >= 0.3 is 11.4 Å². The van der Waals surface area contributed by atoms with Crippen LogP contribution < -0.4 is 22.5 Å². The molecule has 0 aromatic carbocycles. The van der Waals surface area contributed by atoms with Gasteiger partial charge in [-0.15, -0.1) is 0 Å². The summed E-state index contributed by atoms with van der Waals surface area (Å²) < 4.78 is 13.4. The molecule has 2 aliphatic rings. The van der Waals surface area contributed by atoms with Crippen LogP contribution in [-0.4, -0.2) is 108 Å². The number of aromatic nitrogens is 8. The summed E-state index contributed by atoms with van der Waals surface area (Å²) in [6.45, 7) is -0.778. The Labute approximate surface area is 213 Å². The third-order valence-electron chi connectivity index (χ3n) is 6.42. The number of nitrogens with one attached hydrogen (secondary N) is 4. The van der Waals surface area contributed by atoms with Crippen LogP contribution in [0.3, 0.4) is 0 Å². The molecule has 0 spiro atoms. The zero-order valence-corrected chi connectivity index (χ0v) is 19.8. The van der Waals surface area contributed by atoms with Crippen molar-refractivity contribution in [2.75, 3.05) is 13.2 Å². The monoisotopic (exact) mass is 552 g/mol. The van der Waals surface area contributed by atoms with Gasteiger partial charge in [0.1, 0.15) is 41.9 Å². The quantitative estimate of drug-likeness (QED) is 0.115. The fourth-order valence-electron chi connectivity index (χ4n) is 4.48. The third kappa shape index (κ3) is 4.71. The summed E-state index contributed by atoms with van der Waals surface area (Å²) in [5.74, 6) is 0. The summed E-state index contributed by atoms with van der Waals surface area (Å²) >= 11 is 0. The minimum Gasteiger partial charge on any atom is -0.394 e. The molecule has 0 saturated carbocycles. The fraction of sp³-hybridized carbons (Fsp3) is 0.500. The zero-order chi connectivity index (χ0) is 28.0. The maximum atomic E-state index is 11.6. The summed E-state index contributed by atoms with van der Waals surface area (Å²) in [5, 5.41) is 47.4. The number of H-pyrrole nitrogens is 4. The van der Waals surface area contributed by atoms with Crippen LogP contribution in [0.2, 0.25) is 0 Å². The topological polar surface area (TPSA) is 287 Å². The van der Waals surface area contributed by atoms with Crippen molar-refractivity contribution >= 4 is 22.3 Å². The number of ether oxygens (including phenoxy) is 2. The maximum Gasteiger partial charge on any atom is 0.327 e. The molecule has 0 amide bonds. The van der Waals surface area contributed by atoms with Crippen LogP contribution in [0.4, 0.5) is 0 Å². The van der Waals surface area contributed by atoms with E-state index in [2.05, 4.69) is 24.9 Å². The zero-order valence-electron chi connectivity index (χ0n) is 19.8. The smallest absolute Gasteiger partial charge is 0.327 e. The molecule has 2 aliphatic heterocycles. The van der Waals surface area contributed by atoms with Crippen LogP contribution in [0.1, 0.15) is 18.9 Å². The highest BCUT2D eigenvalue weighted by Gasteiger charge is 2.44. The first-order valence-electron chi connectivity index (χ1n) is 11.6. The molecule has 0 radical (unpaired) electrons. The molecular formula is C20H24N8O11. The largest absolute Gasteiger partial charge is 0.394 e. The van der Waals surface area contributed by atoms with Crippen molar-refractivity contribution in [1.29, 1.82) is 0 Å². The van der Waals surface area contributed by atoms with E-state index in [0.717, 1.165) is 0 Å². The first-order valence-corrected chi connectivity index (χ1v) is 11.6. The Morgan fingerprint density at radius 3 is 1.82 bits per heavy atom. The molecule has 39 heavy (non-hydrogen) atoms. The molecule has 4 aromatic rings. The predicted octanol–water partition coefficient (Wildman–Crippen LogP) is -4.92. The molecule has 0 bridgehead atoms. The van der Waals surface area contributed by atoms with E-state index in [1.54, 1.807) is 0 Å². The number of aliphatic hydroxyl groups is 5. The lowest BCUT2D eigenvalue weighted by molar-refractivity contribution is -0.0511. The summed E-state index contributed by atoms with van der Waals surface area (Å²) in [5.41, 5.74) is -2.28. The molecule has 19 heteroatoms. The van der Waals surface area contributed by atoms with E-state index < -0.39 is 72.1 Å². The number of aliphatic hydroxyl groups excluding tert-OH is 5. The molecular weight excluding hydrogens is 528 g/mol. The Bertz CT molecular complexity index is 1720. The van der Waals surface area contributed by atoms with Crippen LogP contribution in [0.5, 0.6) is 0 Å². The molecule has 4 aromatic heterocycles. The third-order valence-corrected chi connectivity index (χ3v) is 6.42. The minimum absolute atomic E-state index is 0.0256. The van der Waals surface area contributed by atoms with Gasteiger partial charge in [-0.3, -0.25) is 38.7 Å². The standard InChI is InChI=1S/C10H12N4O6.C10H12N4O5/c15-1-3-5(16)6(17)9(20-3)14-2-11-4-7(14)12-10(19)13-8(4)18;15-2-5-4(16)1-6(19-5)14-3-11-7-8(14)12-10(18)13-9(7)17/h2-3,5-6,9,15-17H,1H2,(H2,12,13,18,19);3-6,15-16H,1-2H2,(H2,12,13,17,18)/t3-,5-,6-,9-;4-,5+,6+/m10/s1. The van der Waals surface area contributed by atoms with Gasteiger partial charge in [0.2, 0.25) is 0 Å². The second-order valence-electron chi connectivity index (χ2n) is 8.86. The molecule has 0 unspecified atom stereocenters. The second-order valence-corrected chi connectivity index (χ2v) is 8.86. The van der Waals surface area contributed by atoms with Gasteiger partial charge in [0, 0.05) is 6.42 Å². The lowest BCUT2D eigenvalue weighted by Crippen LogP contribution is -2.33. The summed E-state index contributed by atoms with van der Waals surface area (Å²) in [4.78, 5) is 62.3. The highest BCUT2D eigenvalue weighted by atomic mass is 16.6. The van der Waals surface area contributed by atoms with E-state index in [-0.39, 0.29) is 35.4 Å². The number of rotatable bonds is 4. The molecule has 7 atom stereocenters. The van der Waals surface area contributed by atoms with Gasteiger partial charge in [-0.25, -0.2) is 19.6 Å². The Morgan fingerprint density at radius 1 is 0.769 bits per heavy atom. The van der Waals surface area contributed by atoms with Crippen LogP contribution >= 0.6 is 0 Å². The molecule has 2 fully saturated rings. The first kappa shape index (κ1) is 26.6. The molecule has 9 N–H and O–H groups in total. The number of nitrogens with zero attached hydrogens (tertiary/aromatic N) is 4. The minimum atomic E-state index is -1.33. The Morgan fingerprint density at radius 2 is 1.31 bits per heavy atom. The average molecular weight is 552 g/mol. The van der Waals surface area contributed by atoms with Crippen LogP contribution in [0.25, 0.3) is 22.3 Å². The SMILES string of the molecule is O=c1[nH]c(=O)c2ncn([C@@H]3O[C@H](CO)[C@@H](O)[C@H]3O)c2[nH]1.O=c1[nH]c(=O)c2ncn([C@H]3C[C@H](O)[C@@H](CO)O3)c2[nH]1. The Balaban J connectivity index is 0.000000158. The van der Waals surface area contributed by atoms with Gasteiger partial charge in [-0.05, 0) is 0 Å². The predicted molar refractivity (Wildman–Crippen MR) is 127 cm³/mol. The normalized spacial score (nSPS) is 28.7. The summed E-state index contributed by atoms with van der Waals surface area (Å²) in [6.07, 6.45) is -3.91. The van der Waals surface area contributed by atoms with Crippen molar-refractivity contribution in [3.8, 4) is 0 Å². The van der Waals surface area contributed by atoms with Gasteiger partial charge < -0.3 is 35.0 Å². The molecule has 6 rings (SSSR count). The summed E-state index contributed by atoms with van der Waals surface area (Å²) in [6, 6.07) is 0. The average Bonchev–Trinajstić information content (AvgIpc) is 3.65. The first-order chi connectivity index (χ1) is 18.6. The Hall–Kier alpha value is -3.98. The lowest BCUT2D eigenvalue weighted by atomic mass is 10.1. The van der Waals surface area contributed by atoms with Gasteiger partial charge in [0.25, 0.3) is 11.1 Å². The van der Waals surface area contributed by atoms with Crippen molar-refractivity contribution < 1.29 is 35.0 Å². The summed E-state index contributed by atoms with van der Waals surface area (Å²) in [7, 11) is 0. The van der Waals surface area contributed by atoms with Gasteiger partial charge in [-0.1, -0.05) is 0 Å². The fourth-order valence-corrected chi connectivity index (χ4v) is 4.48. The molecule has 6 heterocycles. The number of imidazole rings is 2. The van der Waals surface area contributed by atoms with E-state index in [9.17, 15) is 34.5 Å². The molecule has 210 valence electrons. The molecule has 2 saturated heterocycles. The van der Waals surface area contributed by atoms with E-state index >= 15 is 0 Å². The second kappa shape index (κ2) is 10.3. The lowest BCUT2D eigenvalue weighted by Gasteiger charge is -2.16. The van der Waals surface area contributed by atoms with E-state index in [1.807, 2.05) is 4.98 Å². The van der Waals surface area contributed by atoms with Crippen LogP contribution in [0.15, 0.2) is 31.8 Å². The van der Waals surface area contributed by atoms with Gasteiger partial charge in [0.05, 0.1) is 32.0 Å². The number of hydrogen-bond acceptors (Lipinski definition) is 13. The van der Waals surface area contributed by atoms with Crippen molar-refractivity contribution in [1.82, 2.24) is 39.0 Å². The van der Waals surface area contributed by atoms with Crippen molar-refractivity contribution in [2.24, 2.45) is 0 Å². The van der Waals surface area contributed by atoms with Crippen molar-refractivity contribution in [3.05, 3.63) is 54.3 Å². The Kier molecular flexibility index (Phi) is 7.03. The highest BCUT2D eigenvalue weighted by molar-refractivity contribution is 5.69. The van der Waals surface area contributed by atoms with E-state index in [0.29, 0.717) is 0 Å².